The summed E-state index contributed by atoms with van der Waals surface area (Å²) in [6, 6.07) is 2.00. The molecule has 4 heteroatoms. The number of nitriles is 1. The molecular formula is C8H13ClN2O. The van der Waals surface area contributed by atoms with Crippen LogP contribution in [0.5, 0.6) is 0 Å². The summed E-state index contributed by atoms with van der Waals surface area (Å²) in [4.78, 5) is 12.9. The number of carbonyl (C=O) groups excluding carboxylic acids is 1. The van der Waals surface area contributed by atoms with Gasteiger partial charge in [-0.05, 0) is 6.92 Å². The number of nitrogens with zero attached hydrogens (tertiary/aromatic N) is 2. The fourth-order valence-corrected chi connectivity index (χ4v) is 1.04. The van der Waals surface area contributed by atoms with Gasteiger partial charge in [0.2, 0.25) is 5.91 Å². The molecule has 68 valence electrons. The minimum Gasteiger partial charge on any atom is -0.342 e. The standard InChI is InChI=1S/C8H13ClN2O/c1-2-11(7-3-6-10)8(12)4-5-9/h2-5,7H2,1H3. The fraction of sp³-hybridized carbons (Fsp3) is 0.750. The van der Waals surface area contributed by atoms with E-state index >= 15 is 0 Å². The lowest BCUT2D eigenvalue weighted by atomic mass is 10.3. The first kappa shape index (κ1) is 11.2. The van der Waals surface area contributed by atoms with Crippen LogP contribution in [0.25, 0.3) is 0 Å². The molecule has 0 aliphatic heterocycles. The molecule has 0 N–H and O–H groups in total. The van der Waals surface area contributed by atoms with Gasteiger partial charge in [-0.25, -0.2) is 0 Å². The summed E-state index contributed by atoms with van der Waals surface area (Å²) in [5, 5.41) is 8.31. The van der Waals surface area contributed by atoms with E-state index in [-0.39, 0.29) is 5.91 Å². The normalized spacial score (nSPS) is 9.08. The molecule has 0 heterocycles. The van der Waals surface area contributed by atoms with Crippen molar-refractivity contribution >= 4 is 17.5 Å². The van der Waals surface area contributed by atoms with E-state index in [0.29, 0.717) is 31.8 Å². The number of amides is 1. The van der Waals surface area contributed by atoms with Gasteiger partial charge in [-0.3, -0.25) is 4.79 Å². The van der Waals surface area contributed by atoms with E-state index in [1.165, 1.54) is 0 Å². The monoisotopic (exact) mass is 188 g/mol. The summed E-state index contributed by atoms with van der Waals surface area (Å²) in [7, 11) is 0. The van der Waals surface area contributed by atoms with Gasteiger partial charge in [-0.2, -0.15) is 5.26 Å². The predicted molar refractivity (Wildman–Crippen MR) is 47.8 cm³/mol. The molecule has 0 saturated heterocycles. The van der Waals surface area contributed by atoms with Crippen LogP contribution in [0.15, 0.2) is 0 Å². The van der Waals surface area contributed by atoms with Crippen molar-refractivity contribution in [2.75, 3.05) is 19.0 Å². The highest BCUT2D eigenvalue weighted by Gasteiger charge is 2.09. The van der Waals surface area contributed by atoms with Crippen LogP contribution in [-0.4, -0.2) is 29.8 Å². The number of alkyl halides is 1. The van der Waals surface area contributed by atoms with Crippen LogP contribution in [0.2, 0.25) is 0 Å². The molecule has 0 saturated carbocycles. The number of rotatable bonds is 5. The summed E-state index contributed by atoms with van der Waals surface area (Å²) in [6.07, 6.45) is 0.753. The van der Waals surface area contributed by atoms with Crippen LogP contribution in [0, 0.1) is 11.3 Å². The van der Waals surface area contributed by atoms with Gasteiger partial charge in [0.15, 0.2) is 0 Å². The summed E-state index contributed by atoms with van der Waals surface area (Å²) in [5.41, 5.74) is 0. The van der Waals surface area contributed by atoms with Gasteiger partial charge in [-0.15, -0.1) is 11.6 Å². The zero-order valence-electron chi connectivity index (χ0n) is 7.22. The van der Waals surface area contributed by atoms with Crippen LogP contribution in [0.4, 0.5) is 0 Å². The maximum Gasteiger partial charge on any atom is 0.223 e. The third-order valence-corrected chi connectivity index (χ3v) is 1.73. The van der Waals surface area contributed by atoms with Gasteiger partial charge in [0.1, 0.15) is 0 Å². The molecule has 0 unspecified atom stereocenters. The van der Waals surface area contributed by atoms with E-state index in [0.717, 1.165) is 0 Å². The summed E-state index contributed by atoms with van der Waals surface area (Å²) in [6.45, 7) is 3.06. The first-order chi connectivity index (χ1) is 5.76. The quantitative estimate of drug-likeness (QED) is 0.612. The Balaban J connectivity index is 3.80. The Morgan fingerprint density at radius 3 is 2.75 bits per heavy atom. The lowest BCUT2D eigenvalue weighted by Gasteiger charge is -2.18. The Hall–Kier alpha value is -0.750. The fourth-order valence-electron chi connectivity index (χ4n) is 0.883. The highest BCUT2D eigenvalue weighted by atomic mass is 35.5. The summed E-state index contributed by atoms with van der Waals surface area (Å²) in [5.74, 6) is 0.379. The van der Waals surface area contributed by atoms with Crippen LogP contribution in [0.1, 0.15) is 19.8 Å². The van der Waals surface area contributed by atoms with E-state index in [9.17, 15) is 4.79 Å². The van der Waals surface area contributed by atoms with E-state index in [2.05, 4.69) is 0 Å². The lowest BCUT2D eigenvalue weighted by molar-refractivity contribution is -0.130. The smallest absolute Gasteiger partial charge is 0.223 e. The molecule has 0 aromatic rings. The van der Waals surface area contributed by atoms with E-state index in [1.807, 2.05) is 13.0 Å². The zero-order chi connectivity index (χ0) is 9.40. The largest absolute Gasteiger partial charge is 0.342 e. The Morgan fingerprint density at radius 2 is 2.33 bits per heavy atom. The minimum atomic E-state index is 0.0303. The molecule has 0 atom stereocenters. The number of hydrogen-bond donors (Lipinski definition) is 0. The SMILES string of the molecule is CCN(CCC#N)C(=O)CCCl. The molecule has 3 nitrogen and oxygen atoms in total. The third kappa shape index (κ3) is 4.20. The summed E-state index contributed by atoms with van der Waals surface area (Å²) >= 11 is 5.42. The first-order valence-electron chi connectivity index (χ1n) is 3.97. The Kier molecular flexibility index (Phi) is 6.50. The molecule has 0 aliphatic carbocycles. The maximum absolute atomic E-state index is 11.2. The number of halogens is 1. The Bertz CT molecular complexity index is 176. The molecule has 0 bridgehead atoms. The van der Waals surface area contributed by atoms with Gasteiger partial charge < -0.3 is 4.90 Å². The average molecular weight is 189 g/mol. The van der Waals surface area contributed by atoms with E-state index < -0.39 is 0 Å². The number of hydrogen-bond acceptors (Lipinski definition) is 2. The van der Waals surface area contributed by atoms with Gasteiger partial charge in [-0.1, -0.05) is 0 Å². The first-order valence-corrected chi connectivity index (χ1v) is 4.50. The molecule has 0 aliphatic rings. The molecule has 1 amide bonds. The van der Waals surface area contributed by atoms with Crippen LogP contribution in [-0.2, 0) is 4.79 Å². The van der Waals surface area contributed by atoms with Crippen LogP contribution < -0.4 is 0 Å². The Morgan fingerprint density at radius 1 is 1.67 bits per heavy atom. The van der Waals surface area contributed by atoms with Crippen molar-refractivity contribution in [1.29, 1.82) is 5.26 Å². The highest BCUT2D eigenvalue weighted by Crippen LogP contribution is 1.97. The topological polar surface area (TPSA) is 44.1 Å². The van der Waals surface area contributed by atoms with Crippen molar-refractivity contribution in [3.05, 3.63) is 0 Å². The Labute approximate surface area is 77.9 Å². The van der Waals surface area contributed by atoms with Gasteiger partial charge in [0.25, 0.3) is 0 Å². The van der Waals surface area contributed by atoms with Crippen molar-refractivity contribution in [2.24, 2.45) is 0 Å². The second kappa shape index (κ2) is 6.93. The number of carbonyl (C=O) groups is 1. The van der Waals surface area contributed by atoms with E-state index in [1.54, 1.807) is 4.90 Å². The van der Waals surface area contributed by atoms with Gasteiger partial charge >= 0.3 is 0 Å². The van der Waals surface area contributed by atoms with Gasteiger partial charge in [0, 0.05) is 25.4 Å². The molecule has 12 heavy (non-hydrogen) atoms. The van der Waals surface area contributed by atoms with Gasteiger partial charge in [0.05, 0.1) is 12.5 Å². The molecule has 0 rings (SSSR count). The summed E-state index contributed by atoms with van der Waals surface area (Å²) < 4.78 is 0. The highest BCUT2D eigenvalue weighted by molar-refractivity contribution is 6.18. The lowest BCUT2D eigenvalue weighted by Crippen LogP contribution is -2.31. The second-order valence-corrected chi connectivity index (χ2v) is 2.70. The molecule has 0 fully saturated rings. The molecule has 0 aromatic carbocycles. The van der Waals surface area contributed by atoms with Crippen molar-refractivity contribution in [3.8, 4) is 6.07 Å². The third-order valence-electron chi connectivity index (χ3n) is 1.54. The van der Waals surface area contributed by atoms with Crippen molar-refractivity contribution in [3.63, 3.8) is 0 Å². The molecular weight excluding hydrogens is 176 g/mol. The maximum atomic E-state index is 11.2. The molecule has 0 aromatic heterocycles. The van der Waals surface area contributed by atoms with Crippen molar-refractivity contribution in [2.45, 2.75) is 19.8 Å². The second-order valence-electron chi connectivity index (χ2n) is 2.32. The molecule has 0 spiro atoms. The van der Waals surface area contributed by atoms with Crippen molar-refractivity contribution in [1.82, 2.24) is 4.90 Å². The molecule has 0 radical (unpaired) electrons. The van der Waals surface area contributed by atoms with Crippen LogP contribution in [0.3, 0.4) is 0 Å². The zero-order valence-corrected chi connectivity index (χ0v) is 7.97. The van der Waals surface area contributed by atoms with E-state index in [4.69, 9.17) is 16.9 Å². The predicted octanol–water partition coefficient (Wildman–Crippen LogP) is 1.38. The average Bonchev–Trinajstić information content (AvgIpc) is 2.06. The minimum absolute atomic E-state index is 0.0303. The van der Waals surface area contributed by atoms with Crippen LogP contribution >= 0.6 is 11.6 Å². The van der Waals surface area contributed by atoms with Crippen molar-refractivity contribution < 1.29 is 4.79 Å².